The van der Waals surface area contributed by atoms with E-state index in [-0.39, 0.29) is 0 Å². The quantitative estimate of drug-likeness (QED) is 0.636. The largest absolute Gasteiger partial charge is 0.300 e. The molecule has 0 aromatic rings. The van der Waals surface area contributed by atoms with E-state index >= 15 is 0 Å². The summed E-state index contributed by atoms with van der Waals surface area (Å²) in [5, 5.41) is 0. The Balaban J connectivity index is 1.81. The Morgan fingerprint density at radius 3 is 1.87 bits per heavy atom. The second kappa shape index (κ2) is 4.45. The molecule has 1 saturated carbocycles. The highest BCUT2D eigenvalue weighted by atomic mass is 15.2. The van der Waals surface area contributed by atoms with E-state index in [0.29, 0.717) is 5.41 Å². The summed E-state index contributed by atoms with van der Waals surface area (Å²) >= 11 is 0. The minimum Gasteiger partial charge on any atom is -0.300 e. The minimum absolute atomic E-state index is 0.538. The lowest BCUT2D eigenvalue weighted by Crippen LogP contribution is -2.38. The van der Waals surface area contributed by atoms with Crippen LogP contribution in [0.3, 0.4) is 0 Å². The van der Waals surface area contributed by atoms with Crippen LogP contribution in [0.15, 0.2) is 0 Å². The Morgan fingerprint density at radius 1 is 0.867 bits per heavy atom. The average Bonchev–Trinajstić information content (AvgIpc) is 2.69. The Labute approximate surface area is 95.2 Å². The molecule has 1 aliphatic heterocycles. The van der Waals surface area contributed by atoms with Gasteiger partial charge in [-0.05, 0) is 62.9 Å². The maximum Gasteiger partial charge on any atom is 0.00954 e. The first-order chi connectivity index (χ1) is 7.07. The second-order valence-electron chi connectivity index (χ2n) is 6.61. The van der Waals surface area contributed by atoms with Crippen LogP contribution in [-0.4, -0.2) is 24.0 Å². The number of hydrogen-bond acceptors (Lipinski definition) is 1. The summed E-state index contributed by atoms with van der Waals surface area (Å²) in [6.45, 7) is 9.99. The molecule has 0 amide bonds. The fourth-order valence-electron chi connectivity index (χ4n) is 3.41. The van der Waals surface area contributed by atoms with Gasteiger partial charge in [0.15, 0.2) is 0 Å². The van der Waals surface area contributed by atoms with Gasteiger partial charge in [0.05, 0.1) is 0 Å². The van der Waals surface area contributed by atoms with Crippen molar-refractivity contribution in [1.29, 1.82) is 0 Å². The Morgan fingerprint density at radius 2 is 1.40 bits per heavy atom. The molecule has 88 valence electrons. The van der Waals surface area contributed by atoms with E-state index in [4.69, 9.17) is 0 Å². The number of hydrogen-bond donors (Lipinski definition) is 0. The SMILES string of the molecule is CC(C)(C)C1CCC(N2CCCC2)CC1. The molecule has 1 saturated heterocycles. The monoisotopic (exact) mass is 209 g/mol. The maximum atomic E-state index is 2.75. The molecular formula is C14H27N. The number of likely N-dealkylation sites (tertiary alicyclic amines) is 1. The molecule has 1 nitrogen and oxygen atoms in total. The molecule has 0 unspecified atom stereocenters. The van der Waals surface area contributed by atoms with Crippen LogP contribution >= 0.6 is 0 Å². The summed E-state index contributed by atoms with van der Waals surface area (Å²) in [7, 11) is 0. The van der Waals surface area contributed by atoms with Crippen LogP contribution < -0.4 is 0 Å². The molecule has 2 aliphatic rings. The predicted octanol–water partition coefficient (Wildman–Crippen LogP) is 3.69. The van der Waals surface area contributed by atoms with Crippen molar-refractivity contribution in [3.63, 3.8) is 0 Å². The molecule has 0 atom stereocenters. The summed E-state index contributed by atoms with van der Waals surface area (Å²) in [6, 6.07) is 0.936. The topological polar surface area (TPSA) is 3.24 Å². The van der Waals surface area contributed by atoms with Gasteiger partial charge in [0.1, 0.15) is 0 Å². The molecule has 15 heavy (non-hydrogen) atoms. The molecule has 1 heteroatoms. The predicted molar refractivity (Wildman–Crippen MR) is 66.0 cm³/mol. The van der Waals surface area contributed by atoms with E-state index in [2.05, 4.69) is 25.7 Å². The molecular weight excluding hydrogens is 182 g/mol. The summed E-state index contributed by atoms with van der Waals surface area (Å²) < 4.78 is 0. The minimum atomic E-state index is 0.538. The highest BCUT2D eigenvalue weighted by Gasteiger charge is 2.32. The van der Waals surface area contributed by atoms with Crippen molar-refractivity contribution in [3.05, 3.63) is 0 Å². The average molecular weight is 209 g/mol. The van der Waals surface area contributed by atoms with Gasteiger partial charge in [0.25, 0.3) is 0 Å². The van der Waals surface area contributed by atoms with Gasteiger partial charge in [0.2, 0.25) is 0 Å². The zero-order chi connectivity index (χ0) is 10.9. The van der Waals surface area contributed by atoms with Crippen LogP contribution in [0.25, 0.3) is 0 Å². The third-order valence-corrected chi connectivity index (χ3v) is 4.58. The summed E-state index contributed by atoms with van der Waals surface area (Å²) in [6.07, 6.45) is 8.73. The lowest BCUT2D eigenvalue weighted by atomic mass is 9.71. The van der Waals surface area contributed by atoms with Gasteiger partial charge in [-0.15, -0.1) is 0 Å². The smallest absolute Gasteiger partial charge is 0.00954 e. The lowest BCUT2D eigenvalue weighted by Gasteiger charge is -2.39. The van der Waals surface area contributed by atoms with Gasteiger partial charge in [-0.3, -0.25) is 0 Å². The molecule has 1 heterocycles. The summed E-state index contributed by atoms with van der Waals surface area (Å²) in [4.78, 5) is 2.75. The molecule has 0 radical (unpaired) electrons. The van der Waals surface area contributed by atoms with Crippen molar-refractivity contribution < 1.29 is 0 Å². The molecule has 2 rings (SSSR count). The van der Waals surface area contributed by atoms with E-state index in [0.717, 1.165) is 12.0 Å². The second-order valence-corrected chi connectivity index (χ2v) is 6.61. The molecule has 1 aliphatic carbocycles. The van der Waals surface area contributed by atoms with Crippen molar-refractivity contribution in [3.8, 4) is 0 Å². The summed E-state index contributed by atoms with van der Waals surface area (Å²) in [5.41, 5.74) is 0.538. The van der Waals surface area contributed by atoms with E-state index in [1.807, 2.05) is 0 Å². The van der Waals surface area contributed by atoms with E-state index in [1.165, 1.54) is 51.6 Å². The molecule has 0 spiro atoms. The van der Waals surface area contributed by atoms with Crippen molar-refractivity contribution in [2.75, 3.05) is 13.1 Å². The van der Waals surface area contributed by atoms with Crippen LogP contribution in [0.2, 0.25) is 0 Å². The van der Waals surface area contributed by atoms with E-state index in [9.17, 15) is 0 Å². The van der Waals surface area contributed by atoms with E-state index < -0.39 is 0 Å². The van der Waals surface area contributed by atoms with Crippen LogP contribution in [-0.2, 0) is 0 Å². The fraction of sp³-hybridized carbons (Fsp3) is 1.00. The van der Waals surface area contributed by atoms with Crippen molar-refractivity contribution in [2.24, 2.45) is 11.3 Å². The van der Waals surface area contributed by atoms with E-state index in [1.54, 1.807) is 0 Å². The highest BCUT2D eigenvalue weighted by molar-refractivity contribution is 4.85. The molecule has 2 fully saturated rings. The van der Waals surface area contributed by atoms with Gasteiger partial charge in [0, 0.05) is 6.04 Å². The molecule has 0 bridgehead atoms. The van der Waals surface area contributed by atoms with Gasteiger partial charge in [-0.2, -0.15) is 0 Å². The van der Waals surface area contributed by atoms with Crippen molar-refractivity contribution >= 4 is 0 Å². The highest BCUT2D eigenvalue weighted by Crippen LogP contribution is 2.39. The van der Waals surface area contributed by atoms with Crippen molar-refractivity contribution in [1.82, 2.24) is 4.90 Å². The Kier molecular flexibility index (Phi) is 3.39. The van der Waals surface area contributed by atoms with Gasteiger partial charge in [-0.1, -0.05) is 20.8 Å². The van der Waals surface area contributed by atoms with Crippen LogP contribution in [0.4, 0.5) is 0 Å². The van der Waals surface area contributed by atoms with Gasteiger partial charge >= 0.3 is 0 Å². The maximum absolute atomic E-state index is 2.75. The first-order valence-electron chi connectivity index (χ1n) is 6.81. The van der Waals surface area contributed by atoms with Gasteiger partial charge < -0.3 is 4.90 Å². The third-order valence-electron chi connectivity index (χ3n) is 4.58. The summed E-state index contributed by atoms with van der Waals surface area (Å²) in [5.74, 6) is 0.969. The first kappa shape index (κ1) is 11.4. The van der Waals surface area contributed by atoms with Crippen LogP contribution in [0.1, 0.15) is 59.3 Å². The zero-order valence-electron chi connectivity index (χ0n) is 10.8. The number of rotatable bonds is 1. The normalized spacial score (nSPS) is 34.6. The van der Waals surface area contributed by atoms with Crippen LogP contribution in [0.5, 0.6) is 0 Å². The Hall–Kier alpha value is -0.0400. The third kappa shape index (κ3) is 2.75. The molecule has 0 aromatic heterocycles. The fourth-order valence-corrected chi connectivity index (χ4v) is 3.41. The first-order valence-corrected chi connectivity index (χ1v) is 6.81. The molecule has 0 aromatic carbocycles. The lowest BCUT2D eigenvalue weighted by molar-refractivity contribution is 0.110. The van der Waals surface area contributed by atoms with Gasteiger partial charge in [-0.25, -0.2) is 0 Å². The zero-order valence-corrected chi connectivity index (χ0v) is 10.8. The van der Waals surface area contributed by atoms with Crippen molar-refractivity contribution in [2.45, 2.75) is 65.3 Å². The Bertz CT molecular complexity index is 190. The molecule has 0 N–H and O–H groups in total. The number of nitrogens with zero attached hydrogens (tertiary/aromatic N) is 1. The van der Waals surface area contributed by atoms with Crippen LogP contribution in [0, 0.1) is 11.3 Å². The standard InChI is InChI=1S/C14H27N/c1-14(2,3)12-6-8-13(9-7-12)15-10-4-5-11-15/h12-13H,4-11H2,1-3H3.